The Morgan fingerprint density at radius 3 is 2.24 bits per heavy atom. The number of aromatic nitrogens is 1. The molecule has 1 aromatic heterocycles. The van der Waals surface area contributed by atoms with Crippen LogP contribution >= 0.6 is 0 Å². The predicted molar refractivity (Wildman–Crippen MR) is 142 cm³/mol. The van der Waals surface area contributed by atoms with Gasteiger partial charge in [0.15, 0.2) is 5.03 Å². The van der Waals surface area contributed by atoms with Crippen molar-refractivity contribution in [3.63, 3.8) is 0 Å². The quantitative estimate of drug-likeness (QED) is 0.279. The molecule has 0 fully saturated rings. The molecule has 0 radical (unpaired) electrons. The number of pyridine rings is 1. The summed E-state index contributed by atoms with van der Waals surface area (Å²) in [4.78, 5) is 19.3. The Balaban J connectivity index is 1.76. The van der Waals surface area contributed by atoms with Gasteiger partial charge in [0, 0.05) is 13.2 Å². The second kappa shape index (κ2) is 10.8. The predicted octanol–water partition coefficient (Wildman–Crippen LogP) is 5.66. The fourth-order valence-corrected chi connectivity index (χ4v) is 5.51. The average Bonchev–Trinajstić information content (AvgIpc) is 2.93. The van der Waals surface area contributed by atoms with Crippen LogP contribution in [0.1, 0.15) is 27.0 Å². The molecule has 0 N–H and O–H groups in total. The zero-order valence-corrected chi connectivity index (χ0v) is 22.0. The number of rotatable bonds is 8. The third-order valence-electron chi connectivity index (χ3n) is 6.08. The number of esters is 1. The summed E-state index contributed by atoms with van der Waals surface area (Å²) >= 11 is 0. The van der Waals surface area contributed by atoms with Crippen LogP contribution < -0.4 is 9.64 Å². The molecule has 0 aliphatic rings. The molecule has 0 bridgehead atoms. The van der Waals surface area contributed by atoms with Gasteiger partial charge in [0.2, 0.25) is 9.84 Å². The summed E-state index contributed by atoms with van der Waals surface area (Å²) in [6, 6.07) is 22.7. The molecule has 3 aromatic carbocycles. The number of carbonyl (C=O) groups excluding carboxylic acids is 1. The molecule has 1 heterocycles. The molecular formula is C29H28N2O5S. The maximum atomic E-state index is 13.6. The van der Waals surface area contributed by atoms with E-state index in [4.69, 9.17) is 9.47 Å². The Morgan fingerprint density at radius 1 is 0.892 bits per heavy atom. The van der Waals surface area contributed by atoms with Crippen molar-refractivity contribution in [2.75, 3.05) is 19.1 Å². The van der Waals surface area contributed by atoms with Crippen molar-refractivity contribution in [2.45, 2.75) is 30.4 Å². The first kappa shape index (κ1) is 25.9. The van der Waals surface area contributed by atoms with E-state index >= 15 is 0 Å². The number of aryl methyl sites for hydroxylation is 2. The second-order valence-electron chi connectivity index (χ2n) is 8.55. The summed E-state index contributed by atoms with van der Waals surface area (Å²) in [5, 5.41) is -0.118. The molecule has 0 amide bonds. The van der Waals surface area contributed by atoms with E-state index in [9.17, 15) is 13.2 Å². The van der Waals surface area contributed by atoms with Crippen molar-refractivity contribution >= 4 is 27.2 Å². The molecule has 0 spiro atoms. The fourth-order valence-electron chi connectivity index (χ4n) is 4.11. The van der Waals surface area contributed by atoms with E-state index in [0.29, 0.717) is 28.3 Å². The lowest BCUT2D eigenvalue weighted by atomic mass is 10.0. The Kier molecular flexibility index (Phi) is 7.59. The normalized spacial score (nSPS) is 11.1. The minimum Gasteiger partial charge on any atom is -0.497 e. The molecule has 0 aliphatic heterocycles. The minimum atomic E-state index is -3.97. The number of anilines is 2. The van der Waals surface area contributed by atoms with E-state index in [1.807, 2.05) is 56.3 Å². The van der Waals surface area contributed by atoms with Crippen molar-refractivity contribution < 1.29 is 22.7 Å². The number of sulfone groups is 1. The van der Waals surface area contributed by atoms with E-state index in [0.717, 1.165) is 11.1 Å². The summed E-state index contributed by atoms with van der Waals surface area (Å²) in [5.41, 5.74) is 3.64. The molecule has 4 aromatic rings. The minimum absolute atomic E-state index is 0.0881. The number of hydrogen-bond acceptors (Lipinski definition) is 7. The lowest BCUT2D eigenvalue weighted by Crippen LogP contribution is -2.21. The van der Waals surface area contributed by atoms with Gasteiger partial charge in [-0.1, -0.05) is 42.5 Å². The van der Waals surface area contributed by atoms with Gasteiger partial charge in [0.25, 0.3) is 0 Å². The smallest absolute Gasteiger partial charge is 0.340 e. The van der Waals surface area contributed by atoms with Crippen LogP contribution in [0.4, 0.5) is 11.4 Å². The van der Waals surface area contributed by atoms with Crippen LogP contribution in [0.2, 0.25) is 0 Å². The highest BCUT2D eigenvalue weighted by molar-refractivity contribution is 7.91. The molecule has 0 unspecified atom stereocenters. The van der Waals surface area contributed by atoms with Gasteiger partial charge in [-0.15, -0.1) is 0 Å². The third-order valence-corrected chi connectivity index (χ3v) is 7.79. The molecule has 0 atom stereocenters. The summed E-state index contributed by atoms with van der Waals surface area (Å²) < 4.78 is 38.0. The van der Waals surface area contributed by atoms with Gasteiger partial charge in [-0.05, 0) is 66.9 Å². The van der Waals surface area contributed by atoms with Gasteiger partial charge < -0.3 is 14.4 Å². The molecule has 190 valence electrons. The summed E-state index contributed by atoms with van der Waals surface area (Å²) in [6.07, 6.45) is 1.44. The van der Waals surface area contributed by atoms with Gasteiger partial charge in [-0.3, -0.25) is 0 Å². The number of nitrogens with zero attached hydrogens (tertiary/aromatic N) is 2. The molecular weight excluding hydrogens is 488 g/mol. The van der Waals surface area contributed by atoms with Crippen LogP contribution in [-0.4, -0.2) is 33.5 Å². The average molecular weight is 517 g/mol. The first-order valence-corrected chi connectivity index (χ1v) is 13.1. The van der Waals surface area contributed by atoms with Gasteiger partial charge >= 0.3 is 5.97 Å². The van der Waals surface area contributed by atoms with E-state index in [-0.39, 0.29) is 16.5 Å². The van der Waals surface area contributed by atoms with Gasteiger partial charge in [0.05, 0.1) is 28.9 Å². The van der Waals surface area contributed by atoms with Crippen molar-refractivity contribution in [3.05, 3.63) is 107 Å². The number of ether oxygens (including phenoxy) is 2. The number of benzene rings is 3. The van der Waals surface area contributed by atoms with E-state index in [1.165, 1.54) is 25.4 Å². The number of hydrogen-bond donors (Lipinski definition) is 0. The first-order valence-electron chi connectivity index (χ1n) is 11.6. The highest BCUT2D eigenvalue weighted by Gasteiger charge is 2.28. The monoisotopic (exact) mass is 516 g/mol. The van der Waals surface area contributed by atoms with Crippen LogP contribution in [0, 0.1) is 13.8 Å². The Bertz CT molecular complexity index is 1520. The number of methoxy groups -OCH3 is 1. The lowest BCUT2D eigenvalue weighted by molar-refractivity contribution is 0.0472. The SMILES string of the molecule is COc1ccc(S(=O)(=O)c2ncccc2N(C)c2c(C)ccc(C)c2C(=O)OCc2ccccc2)cc1. The Hall–Kier alpha value is -4.17. The summed E-state index contributed by atoms with van der Waals surface area (Å²) in [6.45, 7) is 3.82. The number of carbonyl (C=O) groups is 1. The van der Waals surface area contributed by atoms with Gasteiger partial charge in [-0.25, -0.2) is 18.2 Å². The highest BCUT2D eigenvalue weighted by atomic mass is 32.2. The Labute approximate surface area is 217 Å². The fraction of sp³-hybridized carbons (Fsp3) is 0.172. The zero-order chi connectivity index (χ0) is 26.6. The van der Waals surface area contributed by atoms with Crippen LogP contribution in [0.5, 0.6) is 5.75 Å². The van der Waals surface area contributed by atoms with Crippen LogP contribution in [-0.2, 0) is 21.2 Å². The largest absolute Gasteiger partial charge is 0.497 e. The maximum absolute atomic E-state index is 13.6. The van der Waals surface area contributed by atoms with E-state index in [2.05, 4.69) is 4.98 Å². The molecule has 37 heavy (non-hydrogen) atoms. The van der Waals surface area contributed by atoms with Gasteiger partial charge in [0.1, 0.15) is 12.4 Å². The Morgan fingerprint density at radius 2 is 1.57 bits per heavy atom. The second-order valence-corrected chi connectivity index (χ2v) is 10.4. The molecule has 0 saturated carbocycles. The standard InChI is InChI=1S/C29H28N2O5S/c1-20-12-13-21(2)27(26(20)29(32)36-19-22-9-6-5-7-10-22)31(3)25-11-8-18-30-28(25)37(33,34)24-16-14-23(35-4)15-17-24/h5-18H,19H2,1-4H3. The molecule has 0 saturated heterocycles. The van der Waals surface area contributed by atoms with Crippen LogP contribution in [0.3, 0.4) is 0 Å². The van der Waals surface area contributed by atoms with Crippen LogP contribution in [0.15, 0.2) is 95.0 Å². The lowest BCUT2D eigenvalue weighted by Gasteiger charge is -2.26. The van der Waals surface area contributed by atoms with E-state index in [1.54, 1.807) is 36.2 Å². The van der Waals surface area contributed by atoms with Crippen LogP contribution in [0.25, 0.3) is 0 Å². The maximum Gasteiger partial charge on any atom is 0.340 e. The molecule has 7 nitrogen and oxygen atoms in total. The van der Waals surface area contributed by atoms with Gasteiger partial charge in [-0.2, -0.15) is 0 Å². The van der Waals surface area contributed by atoms with E-state index < -0.39 is 15.8 Å². The summed E-state index contributed by atoms with van der Waals surface area (Å²) in [5.74, 6) is 0.0571. The van der Waals surface area contributed by atoms with Crippen molar-refractivity contribution in [3.8, 4) is 5.75 Å². The van der Waals surface area contributed by atoms with Crippen molar-refractivity contribution in [1.82, 2.24) is 4.98 Å². The highest BCUT2D eigenvalue weighted by Crippen LogP contribution is 2.37. The first-order chi connectivity index (χ1) is 17.7. The topological polar surface area (TPSA) is 85.8 Å². The third kappa shape index (κ3) is 5.34. The van der Waals surface area contributed by atoms with Crippen molar-refractivity contribution in [2.24, 2.45) is 0 Å². The summed E-state index contributed by atoms with van der Waals surface area (Å²) in [7, 11) is -0.737. The van der Waals surface area contributed by atoms with Crippen molar-refractivity contribution in [1.29, 1.82) is 0 Å². The molecule has 8 heteroatoms. The molecule has 0 aliphatic carbocycles. The molecule has 4 rings (SSSR count). The zero-order valence-electron chi connectivity index (χ0n) is 21.1.